The molecule has 1 N–H and O–H groups in total. The number of likely N-dealkylation sites (tertiary alicyclic amines) is 1. The summed E-state index contributed by atoms with van der Waals surface area (Å²) in [4.78, 5) is 25.9. The second kappa shape index (κ2) is 4.72. The van der Waals surface area contributed by atoms with Gasteiger partial charge in [-0.15, -0.1) is 0 Å². The molecule has 2 fully saturated rings. The van der Waals surface area contributed by atoms with Gasteiger partial charge < -0.3 is 9.84 Å². The molecular weight excluding hydrogens is 246 g/mol. The van der Waals surface area contributed by atoms with Crippen LogP contribution in [0.5, 0.6) is 0 Å². The predicted molar refractivity (Wildman–Crippen MR) is 67.1 cm³/mol. The van der Waals surface area contributed by atoms with E-state index in [0.29, 0.717) is 38.9 Å². The van der Waals surface area contributed by atoms with Crippen molar-refractivity contribution in [3.8, 4) is 0 Å². The van der Waals surface area contributed by atoms with Crippen molar-refractivity contribution in [1.82, 2.24) is 4.90 Å². The largest absolute Gasteiger partial charge is 0.388 e. The Kier molecular flexibility index (Phi) is 3.19. The second-order valence-corrected chi connectivity index (χ2v) is 5.76. The Morgan fingerprint density at radius 2 is 1.68 bits per heavy atom. The van der Waals surface area contributed by atoms with E-state index < -0.39 is 5.60 Å². The van der Waals surface area contributed by atoms with Gasteiger partial charge in [0, 0.05) is 26.1 Å². The van der Waals surface area contributed by atoms with Crippen LogP contribution in [0.4, 0.5) is 0 Å². The van der Waals surface area contributed by atoms with Gasteiger partial charge in [0.05, 0.1) is 24.0 Å². The van der Waals surface area contributed by atoms with Crippen molar-refractivity contribution < 1.29 is 19.4 Å². The maximum absolute atomic E-state index is 12.3. The first-order valence-corrected chi connectivity index (χ1v) is 6.91. The molecule has 0 saturated carbocycles. The van der Waals surface area contributed by atoms with Crippen LogP contribution in [-0.4, -0.2) is 47.2 Å². The number of rotatable bonds is 2. The Bertz CT molecular complexity index is 399. The number of carbonyl (C=O) groups excluding carboxylic acids is 2. The summed E-state index contributed by atoms with van der Waals surface area (Å²) in [6.45, 7) is 1.10. The summed E-state index contributed by atoms with van der Waals surface area (Å²) in [6.07, 6.45) is 6.20. The standard InChI is InChI=1S/C14H19NO4/c16-12-10-3-1-2-4-11(10)13(17)15(12)9-14(18)5-7-19-8-6-14/h1-2,10-11,18H,3-9H2/t10-,11+. The summed E-state index contributed by atoms with van der Waals surface area (Å²) in [5.41, 5.74) is -0.968. The summed E-state index contributed by atoms with van der Waals surface area (Å²) < 4.78 is 5.22. The number of amides is 2. The molecule has 3 aliphatic rings. The van der Waals surface area contributed by atoms with Crippen LogP contribution in [0.2, 0.25) is 0 Å². The molecule has 0 aromatic rings. The van der Waals surface area contributed by atoms with E-state index in [4.69, 9.17) is 4.74 Å². The van der Waals surface area contributed by atoms with Crippen LogP contribution >= 0.6 is 0 Å². The van der Waals surface area contributed by atoms with E-state index in [2.05, 4.69) is 0 Å². The average molecular weight is 265 g/mol. The molecule has 2 aliphatic heterocycles. The van der Waals surface area contributed by atoms with Crippen LogP contribution in [-0.2, 0) is 14.3 Å². The third kappa shape index (κ3) is 2.21. The third-order valence-corrected chi connectivity index (χ3v) is 4.47. The molecule has 2 amide bonds. The summed E-state index contributed by atoms with van der Waals surface area (Å²) in [7, 11) is 0. The van der Waals surface area contributed by atoms with Crippen LogP contribution in [0, 0.1) is 11.8 Å². The molecule has 2 saturated heterocycles. The maximum atomic E-state index is 12.3. The Morgan fingerprint density at radius 1 is 1.16 bits per heavy atom. The number of hydrogen-bond acceptors (Lipinski definition) is 4. The molecule has 0 bridgehead atoms. The molecule has 0 aromatic carbocycles. The number of imide groups is 1. The number of allylic oxidation sites excluding steroid dienone is 2. The molecule has 104 valence electrons. The summed E-state index contributed by atoms with van der Waals surface area (Å²) in [5, 5.41) is 10.5. The Balaban J connectivity index is 1.74. The van der Waals surface area contributed by atoms with Crippen molar-refractivity contribution in [2.45, 2.75) is 31.3 Å². The van der Waals surface area contributed by atoms with Crippen molar-refractivity contribution in [2.24, 2.45) is 11.8 Å². The van der Waals surface area contributed by atoms with Crippen molar-refractivity contribution in [3.05, 3.63) is 12.2 Å². The molecule has 0 aromatic heterocycles. The lowest BCUT2D eigenvalue weighted by Crippen LogP contribution is -2.49. The molecule has 3 rings (SSSR count). The number of ether oxygens (including phenoxy) is 1. The third-order valence-electron chi connectivity index (χ3n) is 4.47. The van der Waals surface area contributed by atoms with Crippen LogP contribution in [0.3, 0.4) is 0 Å². The molecule has 2 heterocycles. The van der Waals surface area contributed by atoms with E-state index in [9.17, 15) is 14.7 Å². The first-order chi connectivity index (χ1) is 9.11. The maximum Gasteiger partial charge on any atom is 0.233 e. The molecule has 2 atom stereocenters. The molecule has 5 nitrogen and oxygen atoms in total. The van der Waals surface area contributed by atoms with Crippen molar-refractivity contribution >= 4 is 11.8 Å². The lowest BCUT2D eigenvalue weighted by molar-refractivity contribution is -0.147. The summed E-state index contributed by atoms with van der Waals surface area (Å²) in [5.74, 6) is -0.639. The second-order valence-electron chi connectivity index (χ2n) is 5.76. The van der Waals surface area contributed by atoms with Crippen molar-refractivity contribution in [2.75, 3.05) is 19.8 Å². The molecule has 0 spiro atoms. The van der Waals surface area contributed by atoms with E-state index in [-0.39, 0.29) is 30.2 Å². The summed E-state index contributed by atoms with van der Waals surface area (Å²) >= 11 is 0. The number of aliphatic hydroxyl groups is 1. The fraction of sp³-hybridized carbons (Fsp3) is 0.714. The topological polar surface area (TPSA) is 66.8 Å². The molecular formula is C14H19NO4. The van der Waals surface area contributed by atoms with E-state index in [1.807, 2.05) is 12.2 Å². The van der Waals surface area contributed by atoms with Gasteiger partial charge in [0.15, 0.2) is 0 Å². The quantitative estimate of drug-likeness (QED) is 0.582. The highest BCUT2D eigenvalue weighted by molar-refractivity contribution is 6.05. The Hall–Kier alpha value is -1.20. The van der Waals surface area contributed by atoms with E-state index in [1.165, 1.54) is 4.90 Å². The number of nitrogens with zero attached hydrogens (tertiary/aromatic N) is 1. The Labute approximate surface area is 112 Å². The summed E-state index contributed by atoms with van der Waals surface area (Å²) in [6, 6.07) is 0. The smallest absolute Gasteiger partial charge is 0.233 e. The minimum Gasteiger partial charge on any atom is -0.388 e. The van der Waals surface area contributed by atoms with Gasteiger partial charge in [0.2, 0.25) is 11.8 Å². The minimum absolute atomic E-state index is 0.112. The first-order valence-electron chi connectivity index (χ1n) is 6.91. The zero-order valence-corrected chi connectivity index (χ0v) is 10.9. The molecule has 5 heteroatoms. The highest BCUT2D eigenvalue weighted by Crippen LogP contribution is 2.36. The SMILES string of the molecule is O=C1[C@H]2CC=CC[C@H]2C(=O)N1CC1(O)CCOCC1. The lowest BCUT2D eigenvalue weighted by Gasteiger charge is -2.34. The number of carbonyl (C=O) groups is 2. The average Bonchev–Trinajstić information content (AvgIpc) is 2.65. The van der Waals surface area contributed by atoms with Gasteiger partial charge in [-0.2, -0.15) is 0 Å². The van der Waals surface area contributed by atoms with Crippen LogP contribution in [0.15, 0.2) is 12.2 Å². The van der Waals surface area contributed by atoms with Crippen molar-refractivity contribution in [1.29, 1.82) is 0 Å². The molecule has 0 unspecified atom stereocenters. The highest BCUT2D eigenvalue weighted by atomic mass is 16.5. The van der Waals surface area contributed by atoms with Gasteiger partial charge in [-0.25, -0.2) is 0 Å². The molecule has 19 heavy (non-hydrogen) atoms. The predicted octanol–water partition coefficient (Wildman–Crippen LogP) is 0.479. The van der Waals surface area contributed by atoms with Gasteiger partial charge in [0.1, 0.15) is 0 Å². The number of β-amino-alcohol motifs (C(OH)–C–C–N with tert-alkyl or cyclic N) is 1. The highest BCUT2D eigenvalue weighted by Gasteiger charge is 2.49. The van der Waals surface area contributed by atoms with Gasteiger partial charge in [-0.1, -0.05) is 12.2 Å². The zero-order chi connectivity index (χ0) is 13.5. The fourth-order valence-corrected chi connectivity index (χ4v) is 3.23. The fourth-order valence-electron chi connectivity index (χ4n) is 3.23. The van der Waals surface area contributed by atoms with E-state index >= 15 is 0 Å². The number of hydrogen-bond donors (Lipinski definition) is 1. The lowest BCUT2D eigenvalue weighted by atomic mass is 9.85. The number of fused-ring (bicyclic) bond motifs is 1. The van der Waals surface area contributed by atoms with Crippen LogP contribution in [0.1, 0.15) is 25.7 Å². The van der Waals surface area contributed by atoms with E-state index in [1.54, 1.807) is 0 Å². The molecule has 0 radical (unpaired) electrons. The monoisotopic (exact) mass is 265 g/mol. The first kappa shape index (κ1) is 12.8. The zero-order valence-electron chi connectivity index (χ0n) is 10.9. The van der Waals surface area contributed by atoms with Crippen molar-refractivity contribution in [3.63, 3.8) is 0 Å². The minimum atomic E-state index is -0.968. The van der Waals surface area contributed by atoms with Gasteiger partial charge in [-0.3, -0.25) is 14.5 Å². The Morgan fingerprint density at radius 3 is 2.21 bits per heavy atom. The van der Waals surface area contributed by atoms with Gasteiger partial charge in [0.25, 0.3) is 0 Å². The van der Waals surface area contributed by atoms with Crippen LogP contribution < -0.4 is 0 Å². The van der Waals surface area contributed by atoms with Crippen LogP contribution in [0.25, 0.3) is 0 Å². The van der Waals surface area contributed by atoms with E-state index in [0.717, 1.165) is 0 Å². The van der Waals surface area contributed by atoms with Gasteiger partial charge >= 0.3 is 0 Å². The van der Waals surface area contributed by atoms with Gasteiger partial charge in [-0.05, 0) is 12.8 Å². The molecule has 1 aliphatic carbocycles. The normalized spacial score (nSPS) is 33.6.